The van der Waals surface area contributed by atoms with Crippen LogP contribution >= 0.6 is 15.9 Å². The Labute approximate surface area is 125 Å². The van der Waals surface area contributed by atoms with Gasteiger partial charge in [-0.25, -0.2) is 0 Å². The highest BCUT2D eigenvalue weighted by atomic mass is 79.9. The number of halogens is 1. The lowest BCUT2D eigenvalue weighted by atomic mass is 10.1. The van der Waals surface area contributed by atoms with Crippen molar-refractivity contribution in [2.75, 3.05) is 0 Å². The lowest BCUT2D eigenvalue weighted by Gasteiger charge is -2.08. The van der Waals surface area contributed by atoms with Gasteiger partial charge in [0.25, 0.3) is 0 Å². The van der Waals surface area contributed by atoms with Crippen LogP contribution in [-0.4, -0.2) is 27.0 Å². The Kier molecular flexibility index (Phi) is 4.22. The number of amides is 1. The van der Waals surface area contributed by atoms with Gasteiger partial charge in [-0.2, -0.15) is 0 Å². The van der Waals surface area contributed by atoms with Crippen molar-refractivity contribution in [1.29, 1.82) is 0 Å². The Morgan fingerprint density at radius 1 is 1.19 bits per heavy atom. The second-order valence-corrected chi connectivity index (χ2v) is 5.16. The summed E-state index contributed by atoms with van der Waals surface area (Å²) in [5.41, 5.74) is -0.272. The van der Waals surface area contributed by atoms with Crippen molar-refractivity contribution in [2.45, 2.75) is 13.0 Å². The Morgan fingerprint density at radius 3 is 2.52 bits per heavy atom. The minimum atomic E-state index is -1.23. The van der Waals surface area contributed by atoms with E-state index in [1.54, 1.807) is 12.1 Å². The lowest BCUT2D eigenvalue weighted by molar-refractivity contribution is -0.140. The summed E-state index contributed by atoms with van der Waals surface area (Å²) >= 11 is 3.25. The normalized spacial score (nSPS) is 10.5. The van der Waals surface area contributed by atoms with E-state index in [0.717, 1.165) is 0 Å². The van der Waals surface area contributed by atoms with Crippen molar-refractivity contribution in [1.82, 2.24) is 15.3 Å². The second kappa shape index (κ2) is 5.92. The summed E-state index contributed by atoms with van der Waals surface area (Å²) in [6.45, 7) is 0.0179. The topological polar surface area (TPSA) is 132 Å². The molecule has 1 heterocycles. The van der Waals surface area contributed by atoms with Crippen molar-refractivity contribution in [3.63, 3.8) is 0 Å². The number of carboxylic acid groups (broad SMARTS) is 1. The maximum Gasteiger partial charge on any atom is 0.314 e. The molecule has 0 atom stereocenters. The van der Waals surface area contributed by atoms with E-state index in [1.165, 1.54) is 0 Å². The predicted octanol–water partition coefficient (Wildman–Crippen LogP) is 0.0698. The van der Waals surface area contributed by atoms with E-state index in [1.807, 2.05) is 0 Å². The van der Waals surface area contributed by atoms with Gasteiger partial charge in [0, 0.05) is 11.0 Å². The summed E-state index contributed by atoms with van der Waals surface area (Å²) in [5.74, 6) is -1.88. The third-order valence-corrected chi connectivity index (χ3v) is 3.12. The molecule has 0 aliphatic heterocycles. The fourth-order valence-corrected chi connectivity index (χ4v) is 2.30. The minimum absolute atomic E-state index is 0.0179. The molecule has 0 bridgehead atoms. The first-order valence-corrected chi connectivity index (χ1v) is 6.59. The van der Waals surface area contributed by atoms with Gasteiger partial charge in [0.05, 0.1) is 11.0 Å². The van der Waals surface area contributed by atoms with Crippen LogP contribution in [0.2, 0.25) is 0 Å². The second-order valence-electron chi connectivity index (χ2n) is 4.24. The minimum Gasteiger partial charge on any atom is -0.481 e. The van der Waals surface area contributed by atoms with E-state index < -0.39 is 29.4 Å². The van der Waals surface area contributed by atoms with Crippen LogP contribution in [0.5, 0.6) is 0 Å². The molecule has 0 fully saturated rings. The van der Waals surface area contributed by atoms with Crippen molar-refractivity contribution < 1.29 is 14.7 Å². The maximum absolute atomic E-state index is 11.4. The highest BCUT2D eigenvalue weighted by Gasteiger charge is 2.10. The summed E-state index contributed by atoms with van der Waals surface area (Å²) in [6.07, 6.45) is -0.640. The predicted molar refractivity (Wildman–Crippen MR) is 77.0 cm³/mol. The van der Waals surface area contributed by atoms with E-state index in [9.17, 15) is 19.2 Å². The molecule has 1 amide bonds. The molecule has 110 valence electrons. The van der Waals surface area contributed by atoms with E-state index >= 15 is 0 Å². The molecule has 0 aliphatic rings. The third-order valence-electron chi connectivity index (χ3n) is 2.67. The number of H-pyrrole nitrogens is 2. The van der Waals surface area contributed by atoms with Crippen molar-refractivity contribution in [3.05, 3.63) is 42.9 Å². The van der Waals surface area contributed by atoms with Gasteiger partial charge in [0.1, 0.15) is 6.42 Å². The van der Waals surface area contributed by atoms with Crippen LogP contribution in [0.15, 0.2) is 26.2 Å². The molecule has 0 aliphatic carbocycles. The molecule has 0 saturated carbocycles. The Bertz CT molecular complexity index is 839. The van der Waals surface area contributed by atoms with Crippen molar-refractivity contribution in [3.8, 4) is 0 Å². The summed E-state index contributed by atoms with van der Waals surface area (Å²) in [7, 11) is 0. The molecule has 1 aromatic heterocycles. The van der Waals surface area contributed by atoms with Gasteiger partial charge < -0.3 is 20.4 Å². The zero-order valence-electron chi connectivity index (χ0n) is 10.5. The summed E-state index contributed by atoms with van der Waals surface area (Å²) in [4.78, 5) is 49.3. The number of carbonyl (C=O) groups excluding carboxylic acids is 1. The van der Waals surface area contributed by atoms with Gasteiger partial charge in [0.15, 0.2) is 0 Å². The van der Waals surface area contributed by atoms with E-state index in [4.69, 9.17) is 5.11 Å². The number of fused-ring (bicyclic) bond motifs is 1. The first-order valence-electron chi connectivity index (χ1n) is 5.80. The largest absolute Gasteiger partial charge is 0.481 e. The molecule has 2 rings (SSSR count). The third kappa shape index (κ3) is 3.57. The molecular weight excluding hydrogens is 346 g/mol. The van der Waals surface area contributed by atoms with E-state index in [-0.39, 0.29) is 6.54 Å². The van der Waals surface area contributed by atoms with Crippen LogP contribution in [0, 0.1) is 0 Å². The zero-order valence-corrected chi connectivity index (χ0v) is 12.1. The first-order chi connectivity index (χ1) is 9.86. The average molecular weight is 356 g/mol. The van der Waals surface area contributed by atoms with Crippen molar-refractivity contribution >= 4 is 38.8 Å². The van der Waals surface area contributed by atoms with Gasteiger partial charge in [-0.1, -0.05) is 15.9 Å². The van der Waals surface area contributed by atoms with Crippen LogP contribution in [0.4, 0.5) is 0 Å². The highest BCUT2D eigenvalue weighted by molar-refractivity contribution is 9.10. The Morgan fingerprint density at radius 2 is 1.86 bits per heavy atom. The number of nitrogens with one attached hydrogen (secondary N) is 3. The average Bonchev–Trinajstić information content (AvgIpc) is 2.37. The molecule has 21 heavy (non-hydrogen) atoms. The SMILES string of the molecule is O=C(O)CC(=O)NCc1cc(Br)cc2[nH]c(=O)c(=O)[nH]c12. The van der Waals surface area contributed by atoms with Gasteiger partial charge in [-0.05, 0) is 17.7 Å². The molecular formula is C12H10BrN3O5. The molecule has 9 heteroatoms. The Balaban J connectivity index is 2.37. The van der Waals surface area contributed by atoms with E-state index in [0.29, 0.717) is 21.1 Å². The number of carboxylic acids is 1. The maximum atomic E-state index is 11.4. The van der Waals surface area contributed by atoms with Gasteiger partial charge in [-0.3, -0.25) is 19.2 Å². The summed E-state index contributed by atoms with van der Waals surface area (Å²) < 4.78 is 0.639. The standard InChI is InChI=1S/C12H10BrN3O5/c13-6-1-5(4-14-8(17)3-9(18)19)10-7(2-6)15-11(20)12(21)16-10/h1-2H,3-4H2,(H,14,17)(H,15,20)(H,16,21)(H,18,19). The number of carbonyl (C=O) groups is 2. The van der Waals surface area contributed by atoms with Crippen LogP contribution in [-0.2, 0) is 16.1 Å². The van der Waals surface area contributed by atoms with Crippen LogP contribution in [0.3, 0.4) is 0 Å². The number of hydrogen-bond acceptors (Lipinski definition) is 4. The number of aromatic amines is 2. The number of hydrogen-bond donors (Lipinski definition) is 4. The fraction of sp³-hybridized carbons (Fsp3) is 0.167. The van der Waals surface area contributed by atoms with Gasteiger partial charge >= 0.3 is 17.1 Å². The monoisotopic (exact) mass is 355 g/mol. The molecule has 0 spiro atoms. The molecule has 1 aromatic carbocycles. The number of aliphatic carboxylic acids is 1. The number of rotatable bonds is 4. The highest BCUT2D eigenvalue weighted by Crippen LogP contribution is 2.20. The summed E-state index contributed by atoms with van der Waals surface area (Å²) in [5, 5.41) is 10.9. The number of aromatic nitrogens is 2. The summed E-state index contributed by atoms with van der Waals surface area (Å²) in [6, 6.07) is 3.26. The van der Waals surface area contributed by atoms with E-state index in [2.05, 4.69) is 31.2 Å². The molecule has 0 radical (unpaired) electrons. The molecule has 4 N–H and O–H groups in total. The number of benzene rings is 1. The molecule has 0 saturated heterocycles. The van der Waals surface area contributed by atoms with Crippen LogP contribution in [0.25, 0.3) is 11.0 Å². The quantitative estimate of drug-likeness (QED) is 0.455. The lowest BCUT2D eigenvalue weighted by Crippen LogP contribution is -2.30. The molecule has 2 aromatic rings. The zero-order chi connectivity index (χ0) is 15.6. The van der Waals surface area contributed by atoms with Gasteiger partial charge in [-0.15, -0.1) is 0 Å². The molecule has 8 nitrogen and oxygen atoms in total. The van der Waals surface area contributed by atoms with Crippen LogP contribution in [0.1, 0.15) is 12.0 Å². The molecule has 0 unspecified atom stereocenters. The first kappa shape index (κ1) is 15.0. The Hall–Kier alpha value is -2.42. The fourth-order valence-electron chi connectivity index (χ4n) is 1.79. The van der Waals surface area contributed by atoms with Gasteiger partial charge in [0.2, 0.25) is 5.91 Å². The van der Waals surface area contributed by atoms with Crippen molar-refractivity contribution in [2.24, 2.45) is 0 Å². The smallest absolute Gasteiger partial charge is 0.314 e. The van der Waals surface area contributed by atoms with Crippen LogP contribution < -0.4 is 16.4 Å².